The zero-order valence-corrected chi connectivity index (χ0v) is 13.2. The molecule has 0 bridgehead atoms. The third kappa shape index (κ3) is 2.65. The van der Waals surface area contributed by atoms with Crippen LogP contribution in [0.15, 0.2) is 59.6 Å². The number of pyridine rings is 1. The minimum Gasteiger partial charge on any atom is -0.461 e. The molecule has 124 valence electrons. The quantitative estimate of drug-likeness (QED) is 0.619. The van der Waals surface area contributed by atoms with Crippen molar-refractivity contribution in [2.75, 3.05) is 5.32 Å². The molecule has 0 aliphatic carbocycles. The summed E-state index contributed by atoms with van der Waals surface area (Å²) in [6.07, 6.45) is 6.42. The first-order chi connectivity index (χ1) is 12.1. The summed E-state index contributed by atoms with van der Waals surface area (Å²) in [7, 11) is 0. The fourth-order valence-corrected chi connectivity index (χ4v) is 2.65. The minimum absolute atomic E-state index is 0.0664. The zero-order chi connectivity index (χ0) is 17.4. The number of fused-ring (bicyclic) bond motifs is 1. The molecule has 0 radical (unpaired) electrons. The fraction of sp³-hybridized carbons (Fsp3) is 0.0556. The highest BCUT2D eigenvalue weighted by Gasteiger charge is 2.15. The molecule has 4 aromatic rings. The number of nitrogens with one attached hydrogen (secondary N) is 1. The monoisotopic (exact) mass is 336 g/mol. The van der Waals surface area contributed by atoms with Crippen molar-refractivity contribution in [3.8, 4) is 5.82 Å². The van der Waals surface area contributed by atoms with E-state index < -0.39 is 5.82 Å². The second kappa shape index (κ2) is 5.86. The molecular formula is C18H13FN4O2. The van der Waals surface area contributed by atoms with Gasteiger partial charge in [-0.05, 0) is 37.3 Å². The number of furan rings is 1. The lowest BCUT2D eigenvalue weighted by Crippen LogP contribution is -2.12. The van der Waals surface area contributed by atoms with Gasteiger partial charge in [0.15, 0.2) is 11.4 Å². The molecule has 6 nitrogen and oxygen atoms in total. The number of hydrogen-bond donors (Lipinski definition) is 1. The molecule has 1 N–H and O–H groups in total. The number of carbonyl (C=O) groups excluding carboxylic acids is 1. The van der Waals surface area contributed by atoms with Gasteiger partial charge in [-0.2, -0.15) is 0 Å². The SMILES string of the molecule is Cc1nccn1-c1ccc(NC(=O)c2ccc(F)c3occc23)cn1. The van der Waals surface area contributed by atoms with Crippen LogP contribution in [0.2, 0.25) is 0 Å². The van der Waals surface area contributed by atoms with Crippen molar-refractivity contribution >= 4 is 22.6 Å². The highest BCUT2D eigenvalue weighted by atomic mass is 19.1. The van der Waals surface area contributed by atoms with Gasteiger partial charge in [-0.1, -0.05) is 0 Å². The van der Waals surface area contributed by atoms with Crippen LogP contribution in [0.5, 0.6) is 0 Å². The van der Waals surface area contributed by atoms with Crippen molar-refractivity contribution in [3.05, 3.63) is 72.4 Å². The second-order valence-corrected chi connectivity index (χ2v) is 5.46. The van der Waals surface area contributed by atoms with E-state index >= 15 is 0 Å². The Morgan fingerprint density at radius 2 is 2.08 bits per heavy atom. The normalized spacial score (nSPS) is 11.0. The average Bonchev–Trinajstić information content (AvgIpc) is 3.25. The number of aryl methyl sites for hydroxylation is 1. The van der Waals surface area contributed by atoms with Gasteiger partial charge in [-0.3, -0.25) is 9.36 Å². The van der Waals surface area contributed by atoms with E-state index in [1.54, 1.807) is 30.6 Å². The predicted octanol–water partition coefficient (Wildman–Crippen LogP) is 3.71. The van der Waals surface area contributed by atoms with Gasteiger partial charge in [-0.15, -0.1) is 0 Å². The van der Waals surface area contributed by atoms with Gasteiger partial charge in [0.1, 0.15) is 11.6 Å². The smallest absolute Gasteiger partial charge is 0.256 e. The summed E-state index contributed by atoms with van der Waals surface area (Å²) < 4.78 is 20.6. The maximum Gasteiger partial charge on any atom is 0.256 e. The van der Waals surface area contributed by atoms with Crippen LogP contribution in [-0.4, -0.2) is 20.4 Å². The van der Waals surface area contributed by atoms with Crippen LogP contribution in [0.3, 0.4) is 0 Å². The maximum atomic E-state index is 13.7. The summed E-state index contributed by atoms with van der Waals surface area (Å²) in [4.78, 5) is 21.0. The zero-order valence-electron chi connectivity index (χ0n) is 13.2. The molecule has 3 heterocycles. The Labute approximate surface area is 141 Å². The van der Waals surface area contributed by atoms with E-state index in [0.717, 1.165) is 5.82 Å². The summed E-state index contributed by atoms with van der Waals surface area (Å²) in [5.74, 6) is 0.656. The molecule has 0 saturated heterocycles. The average molecular weight is 336 g/mol. The molecule has 1 aromatic carbocycles. The third-order valence-corrected chi connectivity index (χ3v) is 3.89. The maximum absolute atomic E-state index is 13.7. The van der Waals surface area contributed by atoms with Crippen molar-refractivity contribution in [2.24, 2.45) is 0 Å². The van der Waals surface area contributed by atoms with Gasteiger partial charge in [0.05, 0.1) is 23.7 Å². The lowest BCUT2D eigenvalue weighted by atomic mass is 10.1. The van der Waals surface area contributed by atoms with E-state index in [4.69, 9.17) is 4.42 Å². The Bertz CT molecular complexity index is 1070. The summed E-state index contributed by atoms with van der Waals surface area (Å²) in [5, 5.41) is 3.18. The van der Waals surface area contributed by atoms with E-state index in [-0.39, 0.29) is 11.5 Å². The van der Waals surface area contributed by atoms with Crippen LogP contribution >= 0.6 is 0 Å². The minimum atomic E-state index is -0.502. The van der Waals surface area contributed by atoms with Crippen molar-refractivity contribution in [3.63, 3.8) is 0 Å². The molecule has 7 heteroatoms. The van der Waals surface area contributed by atoms with Gasteiger partial charge in [0.25, 0.3) is 5.91 Å². The number of imidazole rings is 1. The Hall–Kier alpha value is -3.48. The van der Waals surface area contributed by atoms with E-state index in [1.165, 1.54) is 18.4 Å². The van der Waals surface area contributed by atoms with Crippen LogP contribution in [0, 0.1) is 12.7 Å². The van der Waals surface area contributed by atoms with Gasteiger partial charge in [0, 0.05) is 17.8 Å². The molecule has 0 saturated carbocycles. The van der Waals surface area contributed by atoms with E-state index in [0.29, 0.717) is 22.5 Å². The van der Waals surface area contributed by atoms with Gasteiger partial charge < -0.3 is 9.73 Å². The first-order valence-corrected chi connectivity index (χ1v) is 7.57. The number of halogens is 1. The molecular weight excluding hydrogens is 323 g/mol. The molecule has 4 rings (SSSR count). The van der Waals surface area contributed by atoms with Gasteiger partial charge in [-0.25, -0.2) is 14.4 Å². The number of hydrogen-bond acceptors (Lipinski definition) is 4. The molecule has 0 aliphatic heterocycles. The topological polar surface area (TPSA) is 73.0 Å². The molecule has 0 spiro atoms. The van der Waals surface area contributed by atoms with Crippen LogP contribution in [-0.2, 0) is 0 Å². The van der Waals surface area contributed by atoms with Crippen molar-refractivity contribution in [2.45, 2.75) is 6.92 Å². The number of nitrogens with zero attached hydrogens (tertiary/aromatic N) is 3. The van der Waals surface area contributed by atoms with E-state index in [1.807, 2.05) is 17.7 Å². The standard InChI is InChI=1S/C18H13FN4O2/c1-11-20-7-8-23(11)16-5-2-12(10-21-16)22-18(24)14-3-4-15(19)17-13(14)6-9-25-17/h2-10H,1H3,(H,22,24). The highest BCUT2D eigenvalue weighted by molar-refractivity contribution is 6.12. The Kier molecular flexibility index (Phi) is 3.53. The molecule has 0 unspecified atom stereocenters. The van der Waals surface area contributed by atoms with Gasteiger partial charge in [0.2, 0.25) is 0 Å². The van der Waals surface area contributed by atoms with Crippen molar-refractivity contribution in [1.29, 1.82) is 0 Å². The Morgan fingerprint density at radius 1 is 1.20 bits per heavy atom. The number of amides is 1. The first kappa shape index (κ1) is 15.1. The molecule has 0 atom stereocenters. The largest absolute Gasteiger partial charge is 0.461 e. The first-order valence-electron chi connectivity index (χ1n) is 7.57. The number of benzene rings is 1. The lowest BCUT2D eigenvalue weighted by Gasteiger charge is -2.08. The van der Waals surface area contributed by atoms with Crippen molar-refractivity contribution in [1.82, 2.24) is 14.5 Å². The van der Waals surface area contributed by atoms with E-state index in [9.17, 15) is 9.18 Å². The third-order valence-electron chi connectivity index (χ3n) is 3.89. The van der Waals surface area contributed by atoms with Crippen LogP contribution in [0.1, 0.15) is 16.2 Å². The molecule has 0 fully saturated rings. The van der Waals surface area contributed by atoms with Crippen LogP contribution in [0.4, 0.5) is 10.1 Å². The number of anilines is 1. The van der Waals surface area contributed by atoms with Crippen LogP contribution < -0.4 is 5.32 Å². The number of rotatable bonds is 3. The molecule has 1 amide bonds. The predicted molar refractivity (Wildman–Crippen MR) is 90.2 cm³/mol. The summed E-state index contributed by atoms with van der Waals surface area (Å²) in [6, 6.07) is 7.73. The number of carbonyl (C=O) groups is 1. The molecule has 0 aliphatic rings. The fourth-order valence-electron chi connectivity index (χ4n) is 2.65. The van der Waals surface area contributed by atoms with Crippen LogP contribution in [0.25, 0.3) is 16.8 Å². The molecule has 3 aromatic heterocycles. The molecule has 25 heavy (non-hydrogen) atoms. The summed E-state index contributed by atoms with van der Waals surface area (Å²) in [6.45, 7) is 1.88. The lowest BCUT2D eigenvalue weighted by molar-refractivity contribution is 0.102. The number of aromatic nitrogens is 3. The Balaban J connectivity index is 1.59. The second-order valence-electron chi connectivity index (χ2n) is 5.46. The summed E-state index contributed by atoms with van der Waals surface area (Å²) in [5.41, 5.74) is 0.934. The van der Waals surface area contributed by atoms with E-state index in [2.05, 4.69) is 15.3 Å². The van der Waals surface area contributed by atoms with Gasteiger partial charge >= 0.3 is 0 Å². The summed E-state index contributed by atoms with van der Waals surface area (Å²) >= 11 is 0. The highest BCUT2D eigenvalue weighted by Crippen LogP contribution is 2.24. The Morgan fingerprint density at radius 3 is 2.80 bits per heavy atom. The van der Waals surface area contributed by atoms with Crippen molar-refractivity contribution < 1.29 is 13.6 Å².